The van der Waals surface area contributed by atoms with Crippen molar-refractivity contribution in [1.29, 1.82) is 0 Å². The third-order valence-electron chi connectivity index (χ3n) is 4.06. The molecule has 1 atom stereocenters. The molecule has 0 bridgehead atoms. The number of benzene rings is 1. The topological polar surface area (TPSA) is 38.8 Å². The number of amides is 1. The second kappa shape index (κ2) is 5.54. The van der Waals surface area contributed by atoms with Crippen LogP contribution in [0.15, 0.2) is 12.1 Å². The van der Waals surface area contributed by atoms with E-state index in [9.17, 15) is 9.18 Å². The second-order valence-corrected chi connectivity index (χ2v) is 7.04. The van der Waals surface area contributed by atoms with Crippen molar-refractivity contribution in [1.82, 2.24) is 4.90 Å². The third kappa shape index (κ3) is 3.09. The Morgan fingerprint density at radius 2 is 2.00 bits per heavy atom. The molecule has 1 aromatic carbocycles. The van der Waals surface area contributed by atoms with Crippen LogP contribution < -0.4 is 0 Å². The molecule has 1 fully saturated rings. The number of hydrogen-bond donors (Lipinski definition) is 0. The molecule has 1 aromatic rings. The Hall–Kier alpha value is -1.62. The zero-order valence-corrected chi connectivity index (χ0v) is 13.3. The Balaban J connectivity index is 1.77. The van der Waals surface area contributed by atoms with Crippen molar-refractivity contribution in [2.45, 2.75) is 51.8 Å². The Morgan fingerprint density at radius 3 is 2.59 bits per heavy atom. The number of carbonyl (C=O) groups is 1. The average Bonchev–Trinajstić information content (AvgIpc) is 3.03. The van der Waals surface area contributed by atoms with Gasteiger partial charge in [-0.2, -0.15) is 0 Å². The lowest BCUT2D eigenvalue weighted by atomic mass is 9.94. The fourth-order valence-electron chi connectivity index (χ4n) is 2.99. The largest absolute Gasteiger partial charge is 0.444 e. The highest BCUT2D eigenvalue weighted by Crippen LogP contribution is 2.33. The van der Waals surface area contributed by atoms with Crippen molar-refractivity contribution < 1.29 is 18.7 Å². The molecular weight excluding hydrogens is 285 g/mol. The number of ether oxygens (including phenoxy) is 2. The smallest absolute Gasteiger partial charge is 0.410 e. The molecule has 0 radical (unpaired) electrons. The minimum atomic E-state index is -0.524. The van der Waals surface area contributed by atoms with Gasteiger partial charge in [-0.05, 0) is 49.9 Å². The molecule has 2 aliphatic rings. The molecule has 0 N–H and O–H groups in total. The van der Waals surface area contributed by atoms with Crippen LogP contribution in [0.2, 0.25) is 0 Å². The Morgan fingerprint density at radius 1 is 1.32 bits per heavy atom. The predicted octanol–water partition coefficient (Wildman–Crippen LogP) is 3.58. The van der Waals surface area contributed by atoms with E-state index in [4.69, 9.17) is 9.47 Å². The van der Waals surface area contributed by atoms with Gasteiger partial charge in [0.1, 0.15) is 11.4 Å². The molecule has 22 heavy (non-hydrogen) atoms. The third-order valence-corrected chi connectivity index (χ3v) is 4.06. The first kappa shape index (κ1) is 15.3. The van der Waals surface area contributed by atoms with Crippen LogP contribution in [0.25, 0.3) is 0 Å². The quantitative estimate of drug-likeness (QED) is 0.796. The Bertz CT molecular complexity index is 588. The van der Waals surface area contributed by atoms with Crippen molar-refractivity contribution in [3.05, 3.63) is 34.6 Å². The van der Waals surface area contributed by atoms with Crippen molar-refractivity contribution in [3.63, 3.8) is 0 Å². The summed E-state index contributed by atoms with van der Waals surface area (Å²) in [7, 11) is 0. The lowest BCUT2D eigenvalue weighted by Crippen LogP contribution is -2.33. The number of nitrogens with zero attached hydrogens (tertiary/aromatic N) is 1. The van der Waals surface area contributed by atoms with E-state index in [1.54, 1.807) is 11.0 Å². The van der Waals surface area contributed by atoms with E-state index in [-0.39, 0.29) is 17.8 Å². The van der Waals surface area contributed by atoms with E-state index >= 15 is 0 Å². The van der Waals surface area contributed by atoms with E-state index in [1.807, 2.05) is 26.8 Å². The molecule has 4 nitrogen and oxygen atoms in total. The molecule has 0 aliphatic carbocycles. The summed E-state index contributed by atoms with van der Waals surface area (Å²) >= 11 is 0. The highest BCUT2D eigenvalue weighted by molar-refractivity contribution is 5.69. The van der Waals surface area contributed by atoms with Gasteiger partial charge in [0, 0.05) is 25.6 Å². The van der Waals surface area contributed by atoms with Gasteiger partial charge in [-0.25, -0.2) is 9.18 Å². The highest BCUT2D eigenvalue weighted by atomic mass is 19.1. The zero-order chi connectivity index (χ0) is 15.9. The maximum atomic E-state index is 14.3. The summed E-state index contributed by atoms with van der Waals surface area (Å²) in [6, 6.07) is 3.46. The molecule has 3 rings (SSSR count). The van der Waals surface area contributed by atoms with Crippen LogP contribution in [0.3, 0.4) is 0 Å². The van der Waals surface area contributed by atoms with Gasteiger partial charge in [-0.1, -0.05) is 6.07 Å². The summed E-state index contributed by atoms with van der Waals surface area (Å²) in [5.41, 5.74) is 2.06. The van der Waals surface area contributed by atoms with Gasteiger partial charge >= 0.3 is 6.09 Å². The molecule has 2 heterocycles. The molecule has 120 valence electrons. The van der Waals surface area contributed by atoms with E-state index in [0.717, 1.165) is 17.5 Å². The standard InChI is InChI=1S/C17H22FNO3/c1-17(2,3)22-16(20)19-8-12-6-14(11-4-5-21-10-11)15(18)7-13(12)9-19/h6-7,11H,4-5,8-10H2,1-3H3. The monoisotopic (exact) mass is 307 g/mol. The maximum Gasteiger partial charge on any atom is 0.410 e. The number of hydrogen-bond acceptors (Lipinski definition) is 3. The summed E-state index contributed by atoms with van der Waals surface area (Å²) in [5.74, 6) is -0.0684. The summed E-state index contributed by atoms with van der Waals surface area (Å²) < 4.78 is 25.0. The molecule has 1 unspecified atom stereocenters. The number of carbonyl (C=O) groups excluding carboxylic acids is 1. The highest BCUT2D eigenvalue weighted by Gasteiger charge is 2.30. The molecule has 0 spiro atoms. The van der Waals surface area contributed by atoms with Gasteiger partial charge in [-0.15, -0.1) is 0 Å². The SMILES string of the molecule is CC(C)(C)OC(=O)N1Cc2cc(F)c(C3CCOC3)cc2C1. The van der Waals surface area contributed by atoms with E-state index in [1.165, 1.54) is 0 Å². The van der Waals surface area contributed by atoms with Crippen LogP contribution in [0.1, 0.15) is 49.8 Å². The predicted molar refractivity (Wildman–Crippen MR) is 80.1 cm³/mol. The minimum absolute atomic E-state index is 0.126. The first-order chi connectivity index (χ1) is 10.3. The molecule has 0 saturated carbocycles. The summed E-state index contributed by atoms with van der Waals surface area (Å²) in [5, 5.41) is 0. The fourth-order valence-corrected chi connectivity index (χ4v) is 2.99. The second-order valence-electron chi connectivity index (χ2n) is 7.04. The molecule has 1 amide bonds. The lowest BCUT2D eigenvalue weighted by Gasteiger charge is -2.24. The van der Waals surface area contributed by atoms with E-state index in [2.05, 4.69) is 0 Å². The Kier molecular flexibility index (Phi) is 3.85. The zero-order valence-electron chi connectivity index (χ0n) is 13.3. The van der Waals surface area contributed by atoms with Crippen LogP contribution in [0.4, 0.5) is 9.18 Å². The Labute approximate surface area is 130 Å². The van der Waals surface area contributed by atoms with Crippen LogP contribution in [0.5, 0.6) is 0 Å². The summed E-state index contributed by atoms with van der Waals surface area (Å²) in [6.07, 6.45) is 0.501. The van der Waals surface area contributed by atoms with E-state index < -0.39 is 5.60 Å². The summed E-state index contributed by atoms with van der Waals surface area (Å²) in [4.78, 5) is 13.8. The normalized spacial score (nSPS) is 21.1. The van der Waals surface area contributed by atoms with E-state index in [0.29, 0.717) is 31.9 Å². The van der Waals surface area contributed by atoms with Crippen LogP contribution in [-0.4, -0.2) is 29.8 Å². The van der Waals surface area contributed by atoms with Gasteiger partial charge < -0.3 is 9.47 Å². The first-order valence-corrected chi connectivity index (χ1v) is 7.70. The molecule has 2 aliphatic heterocycles. The van der Waals surface area contributed by atoms with Gasteiger partial charge in [0.15, 0.2) is 0 Å². The van der Waals surface area contributed by atoms with Crippen molar-refractivity contribution >= 4 is 6.09 Å². The number of fused-ring (bicyclic) bond motifs is 1. The number of rotatable bonds is 1. The average molecular weight is 307 g/mol. The van der Waals surface area contributed by atoms with Crippen molar-refractivity contribution in [2.24, 2.45) is 0 Å². The first-order valence-electron chi connectivity index (χ1n) is 7.70. The van der Waals surface area contributed by atoms with Crippen LogP contribution in [0, 0.1) is 5.82 Å². The number of halogens is 1. The molecule has 0 aromatic heterocycles. The van der Waals surface area contributed by atoms with Crippen molar-refractivity contribution in [2.75, 3.05) is 13.2 Å². The fraction of sp³-hybridized carbons (Fsp3) is 0.588. The van der Waals surface area contributed by atoms with Gasteiger partial charge in [0.05, 0.1) is 6.61 Å². The lowest BCUT2D eigenvalue weighted by molar-refractivity contribution is 0.0241. The molecule has 1 saturated heterocycles. The van der Waals surface area contributed by atoms with Gasteiger partial charge in [0.2, 0.25) is 0 Å². The van der Waals surface area contributed by atoms with Crippen molar-refractivity contribution in [3.8, 4) is 0 Å². The molecule has 5 heteroatoms. The maximum absolute atomic E-state index is 14.3. The van der Waals surface area contributed by atoms with Gasteiger partial charge in [-0.3, -0.25) is 4.90 Å². The van der Waals surface area contributed by atoms with Crippen LogP contribution in [-0.2, 0) is 22.6 Å². The minimum Gasteiger partial charge on any atom is -0.444 e. The molecular formula is C17H22FNO3. The van der Waals surface area contributed by atoms with Crippen LogP contribution >= 0.6 is 0 Å². The van der Waals surface area contributed by atoms with Gasteiger partial charge in [0.25, 0.3) is 0 Å². The summed E-state index contributed by atoms with van der Waals surface area (Å²) in [6.45, 7) is 7.66.